The highest BCUT2D eigenvalue weighted by molar-refractivity contribution is 7.10. The number of thiophene rings is 1. The number of anilines is 1. The smallest absolute Gasteiger partial charge is 0.319 e. The highest BCUT2D eigenvalue weighted by atomic mass is 32.1. The van der Waals surface area contributed by atoms with E-state index in [9.17, 15) is 9.90 Å². The number of aliphatic hydroxyl groups is 1. The van der Waals surface area contributed by atoms with Crippen LogP contribution in [0.15, 0.2) is 58.5 Å². The molecule has 124 valence electrons. The van der Waals surface area contributed by atoms with Gasteiger partial charge in [0.05, 0.1) is 12.8 Å². The number of hydrogen-bond acceptors (Lipinski definition) is 4. The third-order valence-corrected chi connectivity index (χ3v) is 4.64. The molecular formula is C18H18N2O3S. The van der Waals surface area contributed by atoms with Gasteiger partial charge < -0.3 is 20.2 Å². The summed E-state index contributed by atoms with van der Waals surface area (Å²) in [7, 11) is 0. The Morgan fingerprint density at radius 3 is 2.88 bits per heavy atom. The molecule has 3 aromatic rings. The van der Waals surface area contributed by atoms with Crippen molar-refractivity contribution in [3.8, 4) is 11.3 Å². The number of carbonyl (C=O) groups excluding carboxylic acids is 1. The largest absolute Gasteiger partial charge is 0.464 e. The van der Waals surface area contributed by atoms with E-state index in [1.165, 1.54) is 11.3 Å². The number of aryl methyl sites for hydroxylation is 1. The van der Waals surface area contributed by atoms with Gasteiger partial charge in [-0.3, -0.25) is 0 Å². The summed E-state index contributed by atoms with van der Waals surface area (Å²) < 4.78 is 5.33. The molecule has 0 radical (unpaired) electrons. The zero-order valence-electron chi connectivity index (χ0n) is 13.2. The highest BCUT2D eigenvalue weighted by Crippen LogP contribution is 2.29. The summed E-state index contributed by atoms with van der Waals surface area (Å²) in [5.41, 5.74) is 2.65. The summed E-state index contributed by atoms with van der Waals surface area (Å²) in [6, 6.07) is 12.7. The number of aliphatic hydroxyl groups excluding tert-OH is 1. The number of nitrogens with one attached hydrogen (secondary N) is 2. The molecule has 1 aromatic carbocycles. The van der Waals surface area contributed by atoms with E-state index in [1.807, 2.05) is 54.8 Å². The molecule has 2 amide bonds. The van der Waals surface area contributed by atoms with Gasteiger partial charge >= 0.3 is 6.03 Å². The van der Waals surface area contributed by atoms with E-state index in [1.54, 1.807) is 6.26 Å². The van der Waals surface area contributed by atoms with E-state index in [0.717, 1.165) is 27.5 Å². The van der Waals surface area contributed by atoms with Crippen LogP contribution < -0.4 is 10.6 Å². The molecule has 2 aromatic heterocycles. The molecule has 0 aliphatic rings. The fraction of sp³-hybridized carbons (Fsp3) is 0.167. The lowest BCUT2D eigenvalue weighted by molar-refractivity contribution is 0.178. The van der Waals surface area contributed by atoms with Crippen LogP contribution in [0.2, 0.25) is 0 Å². The first kappa shape index (κ1) is 16.3. The zero-order chi connectivity index (χ0) is 16.9. The molecule has 3 rings (SSSR count). The maximum Gasteiger partial charge on any atom is 0.319 e. The van der Waals surface area contributed by atoms with Crippen LogP contribution in [0.25, 0.3) is 11.3 Å². The monoisotopic (exact) mass is 342 g/mol. The molecule has 0 fully saturated rings. The van der Waals surface area contributed by atoms with Crippen molar-refractivity contribution in [2.75, 3.05) is 11.9 Å². The average Bonchev–Trinajstić information content (AvgIpc) is 3.25. The quantitative estimate of drug-likeness (QED) is 0.651. The van der Waals surface area contributed by atoms with E-state index in [4.69, 9.17) is 4.42 Å². The molecular weight excluding hydrogens is 324 g/mol. The third-order valence-electron chi connectivity index (χ3n) is 3.60. The molecule has 3 N–H and O–H groups in total. The highest BCUT2D eigenvalue weighted by Gasteiger charge is 2.14. The first-order chi connectivity index (χ1) is 11.6. The van der Waals surface area contributed by atoms with Crippen molar-refractivity contribution in [2.45, 2.75) is 13.0 Å². The van der Waals surface area contributed by atoms with E-state index >= 15 is 0 Å². The maximum atomic E-state index is 11.9. The predicted molar refractivity (Wildman–Crippen MR) is 95.2 cm³/mol. The summed E-state index contributed by atoms with van der Waals surface area (Å²) in [6.07, 6.45) is 0.849. The normalized spacial score (nSPS) is 11.9. The first-order valence-corrected chi connectivity index (χ1v) is 8.42. The minimum absolute atomic E-state index is 0.135. The Hall–Kier alpha value is -2.57. The molecule has 0 saturated heterocycles. The van der Waals surface area contributed by atoms with Gasteiger partial charge in [0.25, 0.3) is 0 Å². The van der Waals surface area contributed by atoms with E-state index < -0.39 is 6.10 Å². The van der Waals surface area contributed by atoms with Crippen molar-refractivity contribution in [3.05, 3.63) is 64.5 Å². The lowest BCUT2D eigenvalue weighted by Gasteiger charge is -2.12. The molecule has 0 saturated carbocycles. The summed E-state index contributed by atoms with van der Waals surface area (Å²) >= 11 is 1.43. The number of hydrogen-bond donors (Lipinski definition) is 3. The number of carbonyl (C=O) groups is 1. The summed E-state index contributed by atoms with van der Waals surface area (Å²) in [4.78, 5) is 12.7. The number of amides is 2. The summed E-state index contributed by atoms with van der Waals surface area (Å²) in [6.45, 7) is 2.06. The second-order valence-corrected chi connectivity index (χ2v) is 6.32. The van der Waals surface area contributed by atoms with Crippen molar-refractivity contribution < 1.29 is 14.3 Å². The number of rotatable bonds is 5. The van der Waals surface area contributed by atoms with Crippen LogP contribution in [0.3, 0.4) is 0 Å². The zero-order valence-corrected chi connectivity index (χ0v) is 14.0. The number of furan rings is 1. The number of para-hydroxylation sites is 1. The minimum atomic E-state index is -0.763. The molecule has 6 heteroatoms. The molecule has 5 nitrogen and oxygen atoms in total. The van der Waals surface area contributed by atoms with Crippen molar-refractivity contribution in [1.29, 1.82) is 0 Å². The Balaban J connectivity index is 1.55. The van der Waals surface area contributed by atoms with Gasteiger partial charge in [-0.1, -0.05) is 18.2 Å². The van der Waals surface area contributed by atoms with Crippen LogP contribution in [0.1, 0.15) is 16.5 Å². The Morgan fingerprint density at radius 2 is 2.12 bits per heavy atom. The van der Waals surface area contributed by atoms with Gasteiger partial charge in [-0.15, -0.1) is 11.3 Å². The van der Waals surface area contributed by atoms with Crippen LogP contribution in [0, 0.1) is 6.92 Å². The lowest BCUT2D eigenvalue weighted by atomic mass is 10.2. The molecule has 0 bridgehead atoms. The van der Waals surface area contributed by atoms with Gasteiger partial charge in [0.1, 0.15) is 11.9 Å². The van der Waals surface area contributed by atoms with Gasteiger partial charge in [0.2, 0.25) is 0 Å². The van der Waals surface area contributed by atoms with Gasteiger partial charge in [-0.2, -0.15) is 0 Å². The molecule has 0 aliphatic carbocycles. The maximum absolute atomic E-state index is 11.9. The molecule has 1 unspecified atom stereocenters. The molecule has 24 heavy (non-hydrogen) atoms. The van der Waals surface area contributed by atoms with Crippen LogP contribution in [0.5, 0.6) is 0 Å². The summed E-state index contributed by atoms with van der Waals surface area (Å²) in [5.74, 6) is 0.759. The predicted octanol–water partition coefficient (Wildman–Crippen LogP) is 4.17. The fourth-order valence-corrected chi connectivity index (χ4v) is 3.15. The first-order valence-electron chi connectivity index (χ1n) is 7.54. The topological polar surface area (TPSA) is 74.5 Å². The molecule has 1 atom stereocenters. The molecule has 0 aliphatic heterocycles. The van der Waals surface area contributed by atoms with Crippen LogP contribution in [0.4, 0.5) is 10.5 Å². The van der Waals surface area contributed by atoms with E-state index in [0.29, 0.717) is 0 Å². The fourth-order valence-electron chi connectivity index (χ4n) is 2.27. The average molecular weight is 342 g/mol. The number of urea groups is 1. The van der Waals surface area contributed by atoms with Gasteiger partial charge in [0.15, 0.2) is 0 Å². The number of benzene rings is 1. The van der Waals surface area contributed by atoms with Gasteiger partial charge in [-0.25, -0.2) is 4.79 Å². The van der Waals surface area contributed by atoms with Crippen LogP contribution in [-0.2, 0) is 0 Å². The van der Waals surface area contributed by atoms with Crippen molar-refractivity contribution in [2.24, 2.45) is 0 Å². The molecule has 0 spiro atoms. The van der Waals surface area contributed by atoms with E-state index in [2.05, 4.69) is 10.6 Å². The second-order valence-electron chi connectivity index (χ2n) is 5.38. The van der Waals surface area contributed by atoms with Crippen LogP contribution in [-0.4, -0.2) is 17.7 Å². The Morgan fingerprint density at radius 1 is 1.29 bits per heavy atom. The van der Waals surface area contributed by atoms with Crippen molar-refractivity contribution in [3.63, 3.8) is 0 Å². The second kappa shape index (κ2) is 7.33. The summed E-state index contributed by atoms with van der Waals surface area (Å²) in [5, 5.41) is 17.6. The SMILES string of the molecule is Cc1ccccc1NC(=O)NCC(O)c1cc(-c2ccco2)cs1. The minimum Gasteiger partial charge on any atom is -0.464 e. The van der Waals surface area contributed by atoms with Crippen molar-refractivity contribution >= 4 is 23.1 Å². The van der Waals surface area contributed by atoms with E-state index in [-0.39, 0.29) is 12.6 Å². The van der Waals surface area contributed by atoms with Gasteiger partial charge in [0, 0.05) is 21.5 Å². The standard InChI is InChI=1S/C18H18N2O3S/c1-12-5-2-3-6-14(12)20-18(22)19-10-15(21)17-9-13(11-24-17)16-7-4-8-23-16/h2-9,11,15,21H,10H2,1H3,(H2,19,20,22). The lowest BCUT2D eigenvalue weighted by Crippen LogP contribution is -2.32. The molecule has 2 heterocycles. The Bertz CT molecular complexity index is 811. The van der Waals surface area contributed by atoms with Crippen LogP contribution >= 0.6 is 11.3 Å². The van der Waals surface area contributed by atoms with Gasteiger partial charge in [-0.05, 0) is 36.8 Å². The van der Waals surface area contributed by atoms with Crippen molar-refractivity contribution in [1.82, 2.24) is 5.32 Å². The Labute approximate surface area is 143 Å². The third kappa shape index (κ3) is 3.84. The Kier molecular flexibility index (Phi) is 4.98.